The summed E-state index contributed by atoms with van der Waals surface area (Å²) in [5, 5.41) is 22.9. The van der Waals surface area contributed by atoms with Gasteiger partial charge < -0.3 is 53.4 Å². The molecule has 318 valence electrons. The lowest BCUT2D eigenvalue weighted by Crippen LogP contribution is -2.58. The number of urea groups is 1. The summed E-state index contributed by atoms with van der Waals surface area (Å²) < 4.78 is 0. The first-order chi connectivity index (χ1) is 28.2. The van der Waals surface area contributed by atoms with Crippen molar-refractivity contribution in [2.45, 2.75) is 75.2 Å². The maximum atomic E-state index is 14.7. The highest BCUT2D eigenvalue weighted by molar-refractivity contribution is 7.98. The number of carbonyl (C=O) groups excluding carboxylic acids is 6. The monoisotopic (exact) mass is 832 g/mol. The van der Waals surface area contributed by atoms with Gasteiger partial charge in [-0.2, -0.15) is 11.8 Å². The number of primary amides is 1. The van der Waals surface area contributed by atoms with E-state index in [-0.39, 0.29) is 69.7 Å². The van der Waals surface area contributed by atoms with E-state index >= 15 is 0 Å². The fourth-order valence-electron chi connectivity index (χ4n) is 6.98. The van der Waals surface area contributed by atoms with Crippen molar-refractivity contribution in [3.63, 3.8) is 0 Å². The van der Waals surface area contributed by atoms with Crippen LogP contribution in [0.25, 0.3) is 10.8 Å². The zero-order chi connectivity index (χ0) is 43.1. The molecular formula is C41H56N10O7S. The van der Waals surface area contributed by atoms with Crippen molar-refractivity contribution >= 4 is 64.1 Å². The highest BCUT2D eigenvalue weighted by Gasteiger charge is 2.38. The first-order valence-electron chi connectivity index (χ1n) is 19.5. The Hall–Kier alpha value is -6.04. The largest absolute Gasteiger partial charge is 0.508 e. The van der Waals surface area contributed by atoms with Crippen molar-refractivity contribution < 1.29 is 33.9 Å². The normalized spacial score (nSPS) is 20.9. The lowest BCUT2D eigenvalue weighted by Gasteiger charge is -2.33. The van der Waals surface area contributed by atoms with Crippen LogP contribution >= 0.6 is 11.8 Å². The van der Waals surface area contributed by atoms with Crippen LogP contribution in [0.15, 0.2) is 71.7 Å². The molecule has 4 rings (SSSR count). The number of amides is 7. The summed E-state index contributed by atoms with van der Waals surface area (Å²) >= 11 is 1.48. The molecule has 1 aliphatic heterocycles. The number of nitrogens with one attached hydrogen (secondary N) is 4. The van der Waals surface area contributed by atoms with Gasteiger partial charge in [-0.25, -0.2) is 4.79 Å². The topological polar surface area (TPSA) is 268 Å². The Morgan fingerprint density at radius 3 is 1.95 bits per heavy atom. The molecule has 3 aromatic rings. The molecule has 0 aromatic heterocycles. The number of guanidine groups is 1. The van der Waals surface area contributed by atoms with Gasteiger partial charge in [-0.15, -0.1) is 0 Å². The number of phenols is 1. The highest BCUT2D eigenvalue weighted by atomic mass is 32.2. The number of aromatic hydroxyl groups is 1. The van der Waals surface area contributed by atoms with Crippen molar-refractivity contribution in [2.75, 3.05) is 39.2 Å². The molecule has 1 aliphatic rings. The van der Waals surface area contributed by atoms with E-state index in [1.165, 1.54) is 47.8 Å². The second-order valence-corrected chi connectivity index (χ2v) is 15.5. The van der Waals surface area contributed by atoms with E-state index in [9.17, 15) is 33.9 Å². The zero-order valence-electron chi connectivity index (χ0n) is 33.7. The summed E-state index contributed by atoms with van der Waals surface area (Å²) in [6.07, 6.45) is 2.74. The SMILES string of the molecule is CSCC[C@H]1C(=O)N[C@H](Cc2ccc(O)cc2)C(=O)N[C@@H](CCCN=C(N)N)C(=O)N(C)[C@@H](CCCNC(N)=O)C(=O)N[C@@H](Cc2ccc3ccccc3c2)C(=O)N1C. The molecule has 1 saturated heterocycles. The summed E-state index contributed by atoms with van der Waals surface area (Å²) in [4.78, 5) is 90.2. The van der Waals surface area contributed by atoms with E-state index in [0.717, 1.165) is 16.3 Å². The standard InChI is InChI=1S/C41H56N10O7S/c1-50-33(11-7-20-46-41(44)58)36(54)49-32(24-26-12-15-27-8-4-5-9-28(27)22-26)39(57)51(2)34(18-21-59-3)37(55)48-31(23-25-13-16-29(52)17-14-25)35(53)47-30(38(50)56)10-6-19-45-40(42)43/h4-5,8-9,12-17,22,30-34,52H,6-7,10-11,18-21,23-24H2,1-3H3,(H,47,53)(H,48,55)(H,49,54)(H4,42,43,45)(H3,44,46,58)/t30-,31+,32-,33-,34-/m0/s1. The van der Waals surface area contributed by atoms with Crippen LogP contribution in [0.3, 0.4) is 0 Å². The second-order valence-electron chi connectivity index (χ2n) is 14.5. The van der Waals surface area contributed by atoms with Gasteiger partial charge in [-0.3, -0.25) is 29.0 Å². The van der Waals surface area contributed by atoms with Crippen LogP contribution in [0.4, 0.5) is 4.79 Å². The van der Waals surface area contributed by atoms with E-state index < -0.39 is 65.8 Å². The number of carbonyl (C=O) groups is 6. The molecule has 1 fully saturated rings. The number of fused-ring (bicyclic) bond motifs is 1. The Morgan fingerprint density at radius 2 is 1.31 bits per heavy atom. The Kier molecular flexibility index (Phi) is 17.2. The molecule has 0 bridgehead atoms. The molecule has 5 atom stereocenters. The van der Waals surface area contributed by atoms with Gasteiger partial charge in [0.05, 0.1) is 0 Å². The number of aliphatic imine (C=N–C) groups is 1. The molecular weight excluding hydrogens is 777 g/mol. The van der Waals surface area contributed by atoms with Gasteiger partial charge >= 0.3 is 6.03 Å². The van der Waals surface area contributed by atoms with Crippen LogP contribution < -0.4 is 38.5 Å². The van der Waals surface area contributed by atoms with E-state index in [1.807, 2.05) is 48.7 Å². The molecule has 1 heterocycles. The zero-order valence-corrected chi connectivity index (χ0v) is 34.5. The third kappa shape index (κ3) is 13.5. The van der Waals surface area contributed by atoms with Crippen LogP contribution in [-0.2, 0) is 36.8 Å². The van der Waals surface area contributed by atoms with Gasteiger partial charge in [-0.05, 0) is 78.1 Å². The van der Waals surface area contributed by atoms with Gasteiger partial charge in [0, 0.05) is 40.0 Å². The molecule has 17 nitrogen and oxygen atoms in total. The van der Waals surface area contributed by atoms with Crippen LogP contribution in [0.2, 0.25) is 0 Å². The number of nitrogens with two attached hydrogens (primary N) is 3. The Bertz CT molecular complexity index is 1980. The van der Waals surface area contributed by atoms with Crippen molar-refractivity contribution in [1.82, 2.24) is 31.1 Å². The van der Waals surface area contributed by atoms with Crippen LogP contribution in [0.1, 0.15) is 43.2 Å². The summed E-state index contributed by atoms with van der Waals surface area (Å²) in [5.41, 5.74) is 17.7. The first-order valence-corrected chi connectivity index (χ1v) is 20.9. The molecule has 0 saturated carbocycles. The number of nitrogens with zero attached hydrogens (tertiary/aromatic N) is 3. The molecule has 59 heavy (non-hydrogen) atoms. The predicted molar refractivity (Wildman–Crippen MR) is 228 cm³/mol. The summed E-state index contributed by atoms with van der Waals surface area (Å²) in [5.74, 6) is -2.76. The van der Waals surface area contributed by atoms with Gasteiger partial charge in [0.1, 0.15) is 36.0 Å². The molecule has 11 N–H and O–H groups in total. The average molecular weight is 833 g/mol. The number of rotatable bonds is 15. The van der Waals surface area contributed by atoms with Crippen molar-refractivity contribution in [1.29, 1.82) is 0 Å². The van der Waals surface area contributed by atoms with Crippen molar-refractivity contribution in [3.8, 4) is 5.75 Å². The van der Waals surface area contributed by atoms with Crippen molar-refractivity contribution in [3.05, 3.63) is 77.9 Å². The predicted octanol–water partition coefficient (Wildman–Crippen LogP) is 0.708. The maximum absolute atomic E-state index is 14.7. The molecule has 0 radical (unpaired) electrons. The van der Waals surface area contributed by atoms with Gasteiger partial charge in [0.2, 0.25) is 29.5 Å². The molecule has 3 aromatic carbocycles. The Morgan fingerprint density at radius 1 is 0.729 bits per heavy atom. The minimum absolute atomic E-state index is 0.0115. The van der Waals surface area contributed by atoms with Gasteiger partial charge in [-0.1, -0.05) is 54.6 Å². The number of hydrogen-bond donors (Lipinski definition) is 8. The second kappa shape index (κ2) is 22.2. The molecule has 0 unspecified atom stereocenters. The number of hydrogen-bond acceptors (Lipinski definition) is 9. The number of thioether (sulfide) groups is 1. The fourth-order valence-corrected chi connectivity index (χ4v) is 7.44. The van der Waals surface area contributed by atoms with Crippen molar-refractivity contribution in [2.24, 2.45) is 22.2 Å². The highest BCUT2D eigenvalue weighted by Crippen LogP contribution is 2.20. The summed E-state index contributed by atoms with van der Waals surface area (Å²) in [6, 6.07) is 13.0. The summed E-state index contributed by atoms with van der Waals surface area (Å²) in [6.45, 7) is 0.246. The minimum Gasteiger partial charge on any atom is -0.508 e. The number of likely N-dealkylation sites (N-methyl/N-ethyl adjacent to an activating group) is 2. The number of phenolic OH excluding ortho intramolecular Hbond substituents is 1. The molecule has 0 spiro atoms. The number of benzene rings is 3. The first kappa shape index (κ1) is 45.7. The van der Waals surface area contributed by atoms with Crippen LogP contribution in [-0.4, -0.2) is 126 Å². The molecule has 7 amide bonds. The van der Waals surface area contributed by atoms with Gasteiger partial charge in [0.25, 0.3) is 0 Å². The molecule has 0 aliphatic carbocycles. The lowest BCUT2D eigenvalue weighted by atomic mass is 9.99. The van der Waals surface area contributed by atoms with E-state index in [2.05, 4.69) is 26.3 Å². The third-order valence-electron chi connectivity index (χ3n) is 10.2. The maximum Gasteiger partial charge on any atom is 0.312 e. The summed E-state index contributed by atoms with van der Waals surface area (Å²) in [7, 11) is 2.93. The van der Waals surface area contributed by atoms with Gasteiger partial charge in [0.15, 0.2) is 5.96 Å². The lowest BCUT2D eigenvalue weighted by molar-refractivity contribution is -0.144. The Balaban J connectivity index is 1.83. The fraction of sp³-hybridized carbons (Fsp3) is 0.439. The third-order valence-corrected chi connectivity index (χ3v) is 10.9. The minimum atomic E-state index is -1.22. The van der Waals surface area contributed by atoms with E-state index in [1.54, 1.807) is 12.1 Å². The average Bonchev–Trinajstić information content (AvgIpc) is 3.20. The smallest absolute Gasteiger partial charge is 0.312 e. The van der Waals surface area contributed by atoms with E-state index in [0.29, 0.717) is 11.3 Å². The van der Waals surface area contributed by atoms with Crippen LogP contribution in [0.5, 0.6) is 5.75 Å². The quantitative estimate of drug-likeness (QED) is 0.0604. The van der Waals surface area contributed by atoms with Crippen LogP contribution in [0, 0.1) is 0 Å². The Labute approximate surface area is 348 Å². The van der Waals surface area contributed by atoms with E-state index in [4.69, 9.17) is 17.2 Å². The molecule has 18 heteroatoms.